The van der Waals surface area contributed by atoms with Crippen LogP contribution in [-0.4, -0.2) is 42.9 Å². The van der Waals surface area contributed by atoms with Gasteiger partial charge in [-0.1, -0.05) is 29.3 Å². The Kier molecular flexibility index (Phi) is 7.05. The summed E-state index contributed by atoms with van der Waals surface area (Å²) < 4.78 is 0.928. The molecule has 160 valence electrons. The van der Waals surface area contributed by atoms with E-state index in [4.69, 9.17) is 23.2 Å². The predicted molar refractivity (Wildman–Crippen MR) is 136 cm³/mol. The molecular formula is C22H18Cl2IN3O2S. The van der Waals surface area contributed by atoms with Crippen molar-refractivity contribution in [1.82, 2.24) is 4.90 Å². The van der Waals surface area contributed by atoms with Crippen molar-refractivity contribution in [3.05, 3.63) is 78.0 Å². The molecule has 2 aromatic carbocycles. The fraction of sp³-hybridized carbons (Fsp3) is 0.182. The third kappa shape index (κ3) is 5.16. The molecular weight excluding hydrogens is 568 g/mol. The molecule has 0 saturated carbocycles. The fourth-order valence-electron chi connectivity index (χ4n) is 3.42. The number of hydrogen-bond acceptors (Lipinski definition) is 4. The van der Waals surface area contributed by atoms with Crippen molar-refractivity contribution in [3.63, 3.8) is 0 Å². The molecule has 0 bridgehead atoms. The van der Waals surface area contributed by atoms with Crippen LogP contribution in [0.4, 0.5) is 11.4 Å². The van der Waals surface area contributed by atoms with Crippen molar-refractivity contribution in [2.24, 2.45) is 0 Å². The number of thiophene rings is 1. The van der Waals surface area contributed by atoms with Crippen LogP contribution < -0.4 is 10.2 Å². The normalized spacial score (nSPS) is 13.9. The molecule has 1 aliphatic rings. The Morgan fingerprint density at radius 1 is 0.968 bits per heavy atom. The minimum absolute atomic E-state index is 0.0769. The van der Waals surface area contributed by atoms with Gasteiger partial charge >= 0.3 is 0 Å². The third-order valence-corrected chi connectivity index (χ3v) is 7.18. The van der Waals surface area contributed by atoms with E-state index >= 15 is 0 Å². The average molecular weight is 586 g/mol. The van der Waals surface area contributed by atoms with Gasteiger partial charge in [-0.3, -0.25) is 9.59 Å². The van der Waals surface area contributed by atoms with E-state index in [0.717, 1.165) is 14.1 Å². The molecule has 0 aliphatic carbocycles. The highest BCUT2D eigenvalue weighted by Gasteiger charge is 2.24. The van der Waals surface area contributed by atoms with E-state index in [0.29, 0.717) is 47.5 Å². The van der Waals surface area contributed by atoms with Crippen molar-refractivity contribution in [2.45, 2.75) is 0 Å². The summed E-state index contributed by atoms with van der Waals surface area (Å²) in [6, 6.07) is 14.5. The van der Waals surface area contributed by atoms with Gasteiger partial charge in [0.25, 0.3) is 11.8 Å². The first-order valence-electron chi connectivity index (χ1n) is 9.56. The van der Waals surface area contributed by atoms with Gasteiger partial charge in [-0.05, 0) is 70.4 Å². The summed E-state index contributed by atoms with van der Waals surface area (Å²) in [7, 11) is 0. The van der Waals surface area contributed by atoms with Crippen molar-refractivity contribution < 1.29 is 9.59 Å². The molecule has 3 aromatic rings. The molecule has 1 aromatic heterocycles. The fourth-order valence-corrected chi connectivity index (χ4v) is 5.10. The zero-order valence-electron chi connectivity index (χ0n) is 16.3. The van der Waals surface area contributed by atoms with E-state index in [1.54, 1.807) is 18.2 Å². The smallest absolute Gasteiger partial charge is 0.264 e. The highest BCUT2D eigenvalue weighted by atomic mass is 127. The number of rotatable bonds is 4. The van der Waals surface area contributed by atoms with Crippen LogP contribution in [0.2, 0.25) is 10.0 Å². The number of anilines is 2. The van der Waals surface area contributed by atoms with Crippen LogP contribution in [0.3, 0.4) is 0 Å². The van der Waals surface area contributed by atoms with E-state index < -0.39 is 0 Å². The first kappa shape index (κ1) is 22.4. The third-order valence-electron chi connectivity index (χ3n) is 5.02. The maximum absolute atomic E-state index is 12.6. The number of carbonyl (C=O) groups is 2. The summed E-state index contributed by atoms with van der Waals surface area (Å²) in [4.78, 5) is 29.9. The number of nitrogens with zero attached hydrogens (tertiary/aromatic N) is 2. The van der Waals surface area contributed by atoms with Gasteiger partial charge < -0.3 is 15.1 Å². The van der Waals surface area contributed by atoms with Crippen molar-refractivity contribution >= 4 is 80.3 Å². The molecule has 9 heteroatoms. The van der Waals surface area contributed by atoms with Gasteiger partial charge in [0.15, 0.2) is 0 Å². The van der Waals surface area contributed by atoms with Gasteiger partial charge in [0.05, 0.1) is 26.2 Å². The summed E-state index contributed by atoms with van der Waals surface area (Å²) in [5, 5.41) is 5.71. The molecule has 0 radical (unpaired) electrons. The van der Waals surface area contributed by atoms with Gasteiger partial charge in [0, 0.05) is 35.4 Å². The minimum atomic E-state index is -0.284. The molecule has 5 nitrogen and oxygen atoms in total. The molecule has 1 N–H and O–H groups in total. The lowest BCUT2D eigenvalue weighted by Gasteiger charge is -2.36. The standard InChI is InChI=1S/C22H18Cl2IN3O2S/c23-17-5-3-14(25)12-16(17)21(29)26-15-4-6-19(18(24)13-15)27-7-9-28(10-8-27)22(30)20-2-1-11-31-20/h1-6,11-13H,7-10H2,(H,26,29). The molecule has 0 unspecified atom stereocenters. The lowest BCUT2D eigenvalue weighted by atomic mass is 10.2. The number of nitrogens with one attached hydrogen (secondary N) is 1. The Morgan fingerprint density at radius 2 is 1.74 bits per heavy atom. The average Bonchev–Trinajstić information content (AvgIpc) is 3.30. The van der Waals surface area contributed by atoms with Crippen LogP contribution in [0.25, 0.3) is 0 Å². The Morgan fingerprint density at radius 3 is 2.42 bits per heavy atom. The van der Waals surface area contributed by atoms with Gasteiger partial charge in [0.2, 0.25) is 0 Å². The second-order valence-electron chi connectivity index (χ2n) is 7.00. The molecule has 0 spiro atoms. The number of carbonyl (C=O) groups excluding carboxylic acids is 2. The molecule has 31 heavy (non-hydrogen) atoms. The zero-order chi connectivity index (χ0) is 22.0. The Balaban J connectivity index is 1.41. The Hall–Kier alpha value is -1.81. The maximum atomic E-state index is 12.6. The van der Waals surface area contributed by atoms with E-state index in [9.17, 15) is 9.59 Å². The molecule has 0 atom stereocenters. The van der Waals surface area contributed by atoms with Crippen molar-refractivity contribution in [1.29, 1.82) is 0 Å². The van der Waals surface area contributed by atoms with Crippen molar-refractivity contribution in [2.75, 3.05) is 36.4 Å². The van der Waals surface area contributed by atoms with Crippen LogP contribution in [0.5, 0.6) is 0 Å². The van der Waals surface area contributed by atoms with Crippen LogP contribution in [0.1, 0.15) is 20.0 Å². The van der Waals surface area contributed by atoms with Crippen LogP contribution in [0.15, 0.2) is 53.9 Å². The summed E-state index contributed by atoms with van der Waals surface area (Å²) in [6.45, 7) is 2.66. The number of hydrogen-bond donors (Lipinski definition) is 1. The minimum Gasteiger partial charge on any atom is -0.367 e. The summed E-state index contributed by atoms with van der Waals surface area (Å²) in [6.07, 6.45) is 0. The van der Waals surface area contributed by atoms with Crippen LogP contribution in [-0.2, 0) is 0 Å². The van der Waals surface area contributed by atoms with E-state index in [1.165, 1.54) is 11.3 Å². The van der Waals surface area contributed by atoms with Gasteiger partial charge in [-0.25, -0.2) is 0 Å². The van der Waals surface area contributed by atoms with Gasteiger partial charge in [0.1, 0.15) is 0 Å². The highest BCUT2D eigenvalue weighted by molar-refractivity contribution is 14.1. The summed E-state index contributed by atoms with van der Waals surface area (Å²) in [5.74, 6) is -0.207. The summed E-state index contributed by atoms with van der Waals surface area (Å²) >= 11 is 16.3. The molecule has 1 saturated heterocycles. The van der Waals surface area contributed by atoms with E-state index in [-0.39, 0.29) is 11.8 Å². The highest BCUT2D eigenvalue weighted by Crippen LogP contribution is 2.30. The molecule has 1 aliphatic heterocycles. The number of halogens is 3. The Bertz CT molecular complexity index is 1120. The van der Waals surface area contributed by atoms with Gasteiger partial charge in [-0.15, -0.1) is 11.3 Å². The number of piperazine rings is 1. The number of amides is 2. The zero-order valence-corrected chi connectivity index (χ0v) is 20.8. The quantitative estimate of drug-likeness (QED) is 0.389. The Labute approximate surface area is 208 Å². The van der Waals surface area contributed by atoms with Gasteiger partial charge in [-0.2, -0.15) is 0 Å². The maximum Gasteiger partial charge on any atom is 0.264 e. The van der Waals surface area contributed by atoms with E-state index in [2.05, 4.69) is 32.8 Å². The lowest BCUT2D eigenvalue weighted by Crippen LogP contribution is -2.48. The lowest BCUT2D eigenvalue weighted by molar-refractivity contribution is 0.0751. The molecule has 2 heterocycles. The second kappa shape index (κ2) is 9.77. The first-order valence-corrected chi connectivity index (χ1v) is 12.3. The number of benzene rings is 2. The second-order valence-corrected chi connectivity index (χ2v) is 10.0. The van der Waals surface area contributed by atoms with Crippen LogP contribution in [0, 0.1) is 3.57 Å². The van der Waals surface area contributed by atoms with Crippen LogP contribution >= 0.6 is 57.1 Å². The first-order chi connectivity index (χ1) is 14.9. The molecule has 2 amide bonds. The SMILES string of the molecule is O=C(Nc1ccc(N2CCN(C(=O)c3cccs3)CC2)c(Cl)c1)c1cc(I)ccc1Cl. The van der Waals surface area contributed by atoms with E-state index in [1.807, 2.05) is 40.6 Å². The topological polar surface area (TPSA) is 52.7 Å². The largest absolute Gasteiger partial charge is 0.367 e. The predicted octanol–water partition coefficient (Wildman–Crippen LogP) is 5.87. The monoisotopic (exact) mass is 585 g/mol. The summed E-state index contributed by atoms with van der Waals surface area (Å²) in [5.41, 5.74) is 1.90. The van der Waals surface area contributed by atoms with Crippen molar-refractivity contribution in [3.8, 4) is 0 Å². The molecule has 4 rings (SSSR count). The molecule has 1 fully saturated rings.